The minimum atomic E-state index is -0.171. The van der Waals surface area contributed by atoms with Crippen molar-refractivity contribution in [3.05, 3.63) is 70.8 Å². The molecule has 2 aromatic rings. The van der Waals surface area contributed by atoms with Crippen LogP contribution in [0.2, 0.25) is 0 Å². The standard InChI is InChI=1S/C21H25N/c1-3-4-5-6-10-18-11-8-13-20(15-18)21(16-22)19-12-7-9-17(2)14-19/h7-9,11-15,21H,3-6,10H2,1-2H3. The van der Waals surface area contributed by atoms with Gasteiger partial charge in [-0.1, -0.05) is 80.3 Å². The zero-order valence-corrected chi connectivity index (χ0v) is 13.7. The third-order valence-corrected chi connectivity index (χ3v) is 4.11. The molecule has 0 aliphatic rings. The van der Waals surface area contributed by atoms with E-state index < -0.39 is 0 Å². The Hall–Kier alpha value is -2.07. The Morgan fingerprint density at radius 1 is 0.955 bits per heavy atom. The van der Waals surface area contributed by atoms with Gasteiger partial charge in [0, 0.05) is 0 Å². The van der Waals surface area contributed by atoms with Crippen LogP contribution in [-0.2, 0) is 6.42 Å². The molecule has 0 amide bonds. The summed E-state index contributed by atoms with van der Waals surface area (Å²) in [6.07, 6.45) is 6.22. The molecule has 0 aliphatic carbocycles. The smallest absolute Gasteiger partial charge is 0.0962 e. The second-order valence-corrected chi connectivity index (χ2v) is 6.03. The van der Waals surface area contributed by atoms with Gasteiger partial charge in [-0.15, -0.1) is 0 Å². The highest BCUT2D eigenvalue weighted by Gasteiger charge is 2.13. The fraction of sp³-hybridized carbons (Fsp3) is 0.381. The Kier molecular flexibility index (Phi) is 6.22. The Morgan fingerprint density at radius 3 is 2.36 bits per heavy atom. The van der Waals surface area contributed by atoms with Crippen molar-refractivity contribution in [2.24, 2.45) is 0 Å². The average Bonchev–Trinajstić information content (AvgIpc) is 2.53. The highest BCUT2D eigenvalue weighted by Crippen LogP contribution is 2.25. The summed E-state index contributed by atoms with van der Waals surface area (Å²) in [4.78, 5) is 0. The molecule has 0 saturated carbocycles. The summed E-state index contributed by atoms with van der Waals surface area (Å²) in [7, 11) is 0. The average molecular weight is 291 g/mol. The fourth-order valence-electron chi connectivity index (χ4n) is 2.88. The van der Waals surface area contributed by atoms with Crippen molar-refractivity contribution in [2.75, 3.05) is 0 Å². The largest absolute Gasteiger partial charge is 0.197 e. The molecule has 0 radical (unpaired) electrons. The van der Waals surface area contributed by atoms with E-state index in [-0.39, 0.29) is 5.92 Å². The van der Waals surface area contributed by atoms with Gasteiger partial charge in [-0.3, -0.25) is 0 Å². The van der Waals surface area contributed by atoms with Gasteiger partial charge in [-0.25, -0.2) is 0 Å². The molecule has 0 heterocycles. The Bertz CT molecular complexity index is 636. The van der Waals surface area contributed by atoms with Gasteiger partial charge in [0.1, 0.15) is 0 Å². The number of unbranched alkanes of at least 4 members (excludes halogenated alkanes) is 3. The van der Waals surface area contributed by atoms with Crippen molar-refractivity contribution < 1.29 is 0 Å². The highest BCUT2D eigenvalue weighted by molar-refractivity contribution is 5.40. The second-order valence-electron chi connectivity index (χ2n) is 6.03. The van der Waals surface area contributed by atoms with Crippen molar-refractivity contribution in [3.63, 3.8) is 0 Å². The van der Waals surface area contributed by atoms with E-state index in [1.54, 1.807) is 0 Å². The summed E-state index contributed by atoms with van der Waals surface area (Å²) < 4.78 is 0. The summed E-state index contributed by atoms with van der Waals surface area (Å²) in [5.74, 6) is -0.171. The van der Waals surface area contributed by atoms with Crippen molar-refractivity contribution in [1.29, 1.82) is 5.26 Å². The van der Waals surface area contributed by atoms with E-state index in [2.05, 4.69) is 62.4 Å². The van der Waals surface area contributed by atoms with Gasteiger partial charge < -0.3 is 0 Å². The van der Waals surface area contributed by atoms with Crippen LogP contribution >= 0.6 is 0 Å². The van der Waals surface area contributed by atoms with Gasteiger partial charge in [-0.05, 0) is 36.5 Å². The third-order valence-electron chi connectivity index (χ3n) is 4.11. The predicted octanol–water partition coefficient (Wildman–Crippen LogP) is 5.77. The quantitative estimate of drug-likeness (QED) is 0.594. The Morgan fingerprint density at radius 2 is 1.68 bits per heavy atom. The maximum Gasteiger partial charge on any atom is 0.0962 e. The van der Waals surface area contributed by atoms with E-state index in [9.17, 15) is 5.26 Å². The summed E-state index contributed by atoms with van der Waals surface area (Å²) >= 11 is 0. The van der Waals surface area contributed by atoms with Crippen molar-refractivity contribution >= 4 is 0 Å². The van der Waals surface area contributed by atoms with Gasteiger partial charge in [0.05, 0.1) is 12.0 Å². The van der Waals surface area contributed by atoms with Gasteiger partial charge in [-0.2, -0.15) is 5.26 Å². The monoisotopic (exact) mass is 291 g/mol. The van der Waals surface area contributed by atoms with Crippen LogP contribution in [0.5, 0.6) is 0 Å². The molecule has 0 aliphatic heterocycles. The molecule has 0 saturated heterocycles. The van der Waals surface area contributed by atoms with Crippen LogP contribution < -0.4 is 0 Å². The van der Waals surface area contributed by atoms with Gasteiger partial charge in [0.15, 0.2) is 0 Å². The lowest BCUT2D eigenvalue weighted by Crippen LogP contribution is -1.99. The first kappa shape index (κ1) is 16.3. The van der Waals surface area contributed by atoms with E-state index in [1.165, 1.54) is 36.8 Å². The number of rotatable bonds is 7. The van der Waals surface area contributed by atoms with E-state index in [4.69, 9.17) is 0 Å². The third kappa shape index (κ3) is 4.46. The summed E-state index contributed by atoms with van der Waals surface area (Å²) in [6.45, 7) is 4.31. The summed E-state index contributed by atoms with van der Waals surface area (Å²) in [6, 6.07) is 19.3. The molecule has 0 aromatic heterocycles. The minimum absolute atomic E-state index is 0.171. The van der Waals surface area contributed by atoms with Gasteiger partial charge >= 0.3 is 0 Å². The predicted molar refractivity (Wildman–Crippen MR) is 92.9 cm³/mol. The maximum absolute atomic E-state index is 9.61. The molecule has 0 N–H and O–H groups in total. The number of nitriles is 1. The molecule has 0 fully saturated rings. The van der Waals surface area contributed by atoms with E-state index in [0.717, 1.165) is 17.5 Å². The topological polar surface area (TPSA) is 23.8 Å². The second kappa shape index (κ2) is 8.39. The molecule has 1 atom stereocenters. The summed E-state index contributed by atoms with van der Waals surface area (Å²) in [5.41, 5.74) is 4.75. The molecule has 114 valence electrons. The molecular formula is C21H25N. The molecule has 22 heavy (non-hydrogen) atoms. The zero-order valence-electron chi connectivity index (χ0n) is 13.7. The van der Waals surface area contributed by atoms with Gasteiger partial charge in [0.25, 0.3) is 0 Å². The maximum atomic E-state index is 9.61. The lowest BCUT2D eigenvalue weighted by molar-refractivity contribution is 0.666. The first-order valence-electron chi connectivity index (χ1n) is 8.29. The first-order valence-corrected chi connectivity index (χ1v) is 8.29. The molecule has 0 bridgehead atoms. The normalized spacial score (nSPS) is 11.9. The van der Waals surface area contributed by atoms with Crippen molar-refractivity contribution in [1.82, 2.24) is 0 Å². The minimum Gasteiger partial charge on any atom is -0.197 e. The van der Waals surface area contributed by atoms with Crippen LogP contribution in [0.25, 0.3) is 0 Å². The fourth-order valence-corrected chi connectivity index (χ4v) is 2.88. The number of benzene rings is 2. The highest BCUT2D eigenvalue weighted by atomic mass is 14.3. The molecule has 2 rings (SSSR count). The van der Waals surface area contributed by atoms with Gasteiger partial charge in [0.2, 0.25) is 0 Å². The van der Waals surface area contributed by atoms with Crippen molar-refractivity contribution in [3.8, 4) is 6.07 Å². The lowest BCUT2D eigenvalue weighted by Gasteiger charge is -2.12. The van der Waals surface area contributed by atoms with Crippen LogP contribution in [0.3, 0.4) is 0 Å². The first-order chi connectivity index (χ1) is 10.7. The van der Waals surface area contributed by atoms with Crippen LogP contribution in [0.15, 0.2) is 48.5 Å². The zero-order chi connectivity index (χ0) is 15.8. The molecule has 1 unspecified atom stereocenters. The number of aryl methyl sites for hydroxylation is 2. The number of hydrogen-bond donors (Lipinski definition) is 0. The molecule has 1 nitrogen and oxygen atoms in total. The van der Waals surface area contributed by atoms with E-state index in [1.807, 2.05) is 6.07 Å². The Balaban J connectivity index is 2.15. The van der Waals surface area contributed by atoms with Crippen LogP contribution in [0, 0.1) is 18.3 Å². The lowest BCUT2D eigenvalue weighted by atomic mass is 9.90. The van der Waals surface area contributed by atoms with Crippen LogP contribution in [0.1, 0.15) is 60.8 Å². The summed E-state index contributed by atoms with van der Waals surface area (Å²) in [5, 5.41) is 9.61. The molecule has 2 aromatic carbocycles. The Labute approximate surface area is 134 Å². The molecule has 0 spiro atoms. The molecule has 1 heteroatoms. The SMILES string of the molecule is CCCCCCc1cccc(C(C#N)c2cccc(C)c2)c1. The van der Waals surface area contributed by atoms with Crippen LogP contribution in [-0.4, -0.2) is 0 Å². The van der Waals surface area contributed by atoms with E-state index in [0.29, 0.717) is 0 Å². The van der Waals surface area contributed by atoms with Crippen molar-refractivity contribution in [2.45, 2.75) is 51.9 Å². The van der Waals surface area contributed by atoms with E-state index >= 15 is 0 Å². The number of hydrogen-bond acceptors (Lipinski definition) is 1. The molecular weight excluding hydrogens is 266 g/mol. The number of nitrogens with zero attached hydrogens (tertiary/aromatic N) is 1. The van der Waals surface area contributed by atoms with Crippen LogP contribution in [0.4, 0.5) is 0 Å².